The van der Waals surface area contributed by atoms with E-state index in [2.05, 4.69) is 138 Å². The molecule has 2 heterocycles. The van der Waals surface area contributed by atoms with Crippen LogP contribution in [0, 0.1) is 0 Å². The van der Waals surface area contributed by atoms with E-state index in [1.54, 1.807) is 6.20 Å². The Labute approximate surface area is 266 Å². The number of pyridine rings is 1. The second-order valence-electron chi connectivity index (χ2n) is 11.5. The van der Waals surface area contributed by atoms with Crippen LogP contribution >= 0.6 is 0 Å². The van der Waals surface area contributed by atoms with Gasteiger partial charge in [0.2, 0.25) is 0 Å². The summed E-state index contributed by atoms with van der Waals surface area (Å²) >= 11 is 0. The van der Waals surface area contributed by atoms with Crippen LogP contribution < -0.4 is 0 Å². The van der Waals surface area contributed by atoms with Gasteiger partial charge in [-0.05, 0) is 66.7 Å². The van der Waals surface area contributed by atoms with Crippen molar-refractivity contribution in [2.45, 2.75) is 0 Å². The summed E-state index contributed by atoms with van der Waals surface area (Å²) in [5, 5.41) is 7.33. The maximum Gasteiger partial charge on any atom is 0.164 e. The molecule has 4 heteroatoms. The molecule has 7 aromatic carbocycles. The monoisotopic (exact) mass is 586 g/mol. The molecule has 0 saturated carbocycles. The second-order valence-corrected chi connectivity index (χ2v) is 11.5. The minimum Gasteiger partial charge on any atom is -0.264 e. The summed E-state index contributed by atoms with van der Waals surface area (Å²) in [6, 6.07) is 50.9. The van der Waals surface area contributed by atoms with Crippen molar-refractivity contribution in [3.63, 3.8) is 0 Å². The van der Waals surface area contributed by atoms with Gasteiger partial charge < -0.3 is 0 Å². The number of aromatic nitrogens is 4. The first-order valence-electron chi connectivity index (χ1n) is 15.4. The molecule has 0 N–H and O–H groups in total. The lowest BCUT2D eigenvalue weighted by molar-refractivity contribution is 1.08. The fourth-order valence-electron chi connectivity index (χ4n) is 6.47. The molecular weight excluding hydrogens is 560 g/mol. The molecule has 9 rings (SSSR count). The summed E-state index contributed by atoms with van der Waals surface area (Å²) < 4.78 is 0. The van der Waals surface area contributed by atoms with E-state index in [9.17, 15) is 0 Å². The van der Waals surface area contributed by atoms with E-state index in [4.69, 9.17) is 15.0 Å². The van der Waals surface area contributed by atoms with Crippen LogP contribution in [0.3, 0.4) is 0 Å². The van der Waals surface area contributed by atoms with E-state index in [1.165, 1.54) is 32.5 Å². The van der Waals surface area contributed by atoms with Crippen LogP contribution in [0.2, 0.25) is 0 Å². The first kappa shape index (κ1) is 26.2. The van der Waals surface area contributed by atoms with Crippen molar-refractivity contribution in [1.29, 1.82) is 0 Å². The molecule has 0 bridgehead atoms. The molecule has 0 amide bonds. The maximum atomic E-state index is 5.12. The van der Waals surface area contributed by atoms with Gasteiger partial charge in [0, 0.05) is 29.1 Å². The number of nitrogens with zero attached hydrogens (tertiary/aromatic N) is 4. The summed E-state index contributed by atoms with van der Waals surface area (Å²) in [6.07, 6.45) is 3.66. The Hall–Kier alpha value is -6.26. The van der Waals surface area contributed by atoms with Crippen LogP contribution in [0.15, 0.2) is 158 Å². The molecule has 214 valence electrons. The summed E-state index contributed by atoms with van der Waals surface area (Å²) in [6.45, 7) is 0. The van der Waals surface area contributed by atoms with Crippen LogP contribution in [0.1, 0.15) is 0 Å². The zero-order chi connectivity index (χ0) is 30.5. The highest BCUT2D eigenvalue weighted by Gasteiger charge is 2.17. The molecule has 0 aliphatic carbocycles. The Morgan fingerprint density at radius 2 is 0.848 bits per heavy atom. The van der Waals surface area contributed by atoms with E-state index in [0.717, 1.165) is 38.8 Å². The SMILES string of the molecule is c1ccc(-c2ccc(-c3nc(-c4ccc(-c5cccnc5)cc4)nc(-c4ccc5ccc6cccc7ccc4c5c67)n3)cc2)cc1. The van der Waals surface area contributed by atoms with E-state index in [0.29, 0.717) is 17.5 Å². The smallest absolute Gasteiger partial charge is 0.164 e. The third kappa shape index (κ3) is 4.47. The van der Waals surface area contributed by atoms with E-state index in [-0.39, 0.29) is 0 Å². The quantitative estimate of drug-likeness (QED) is 0.188. The van der Waals surface area contributed by atoms with Gasteiger partial charge in [0.05, 0.1) is 0 Å². The van der Waals surface area contributed by atoms with Gasteiger partial charge in [-0.3, -0.25) is 4.98 Å². The molecule has 0 atom stereocenters. The van der Waals surface area contributed by atoms with Gasteiger partial charge in [0.15, 0.2) is 17.5 Å². The average molecular weight is 587 g/mol. The minimum atomic E-state index is 0.635. The lowest BCUT2D eigenvalue weighted by atomic mass is 9.92. The van der Waals surface area contributed by atoms with Crippen molar-refractivity contribution in [1.82, 2.24) is 19.9 Å². The molecule has 0 aliphatic heterocycles. The zero-order valence-electron chi connectivity index (χ0n) is 24.8. The third-order valence-corrected chi connectivity index (χ3v) is 8.79. The summed E-state index contributed by atoms with van der Waals surface area (Å²) in [5.74, 6) is 1.93. The fourth-order valence-corrected chi connectivity index (χ4v) is 6.47. The largest absolute Gasteiger partial charge is 0.264 e. The Balaban J connectivity index is 1.22. The van der Waals surface area contributed by atoms with Crippen LogP contribution in [0.5, 0.6) is 0 Å². The predicted octanol–water partition coefficient (Wildman–Crippen LogP) is 10.5. The standard InChI is InChI=1S/C42H26N4/c1-2-6-27(7-3-1)28-11-17-33(18-12-28)40-44-41(34-19-13-29(14-20-34)35-10-5-25-43-26-35)46-42(45-40)37-24-22-32-16-15-30-8-4-9-31-21-23-36(37)39(32)38(30)31/h1-26H. The van der Waals surface area contributed by atoms with Crippen LogP contribution in [-0.2, 0) is 0 Å². The number of hydrogen-bond donors (Lipinski definition) is 0. The van der Waals surface area contributed by atoms with Gasteiger partial charge in [-0.25, -0.2) is 15.0 Å². The van der Waals surface area contributed by atoms with Crippen LogP contribution in [0.4, 0.5) is 0 Å². The molecule has 46 heavy (non-hydrogen) atoms. The number of hydrogen-bond acceptors (Lipinski definition) is 4. The van der Waals surface area contributed by atoms with Gasteiger partial charge >= 0.3 is 0 Å². The van der Waals surface area contributed by atoms with Gasteiger partial charge in [0.25, 0.3) is 0 Å². The average Bonchev–Trinajstić information content (AvgIpc) is 3.14. The summed E-state index contributed by atoms with van der Waals surface area (Å²) in [4.78, 5) is 19.5. The molecule has 0 saturated heterocycles. The van der Waals surface area contributed by atoms with Crippen molar-refractivity contribution in [3.8, 4) is 56.4 Å². The lowest BCUT2D eigenvalue weighted by Crippen LogP contribution is -2.01. The van der Waals surface area contributed by atoms with Crippen molar-refractivity contribution in [3.05, 3.63) is 158 Å². The molecule has 0 fully saturated rings. The molecule has 2 aromatic heterocycles. The third-order valence-electron chi connectivity index (χ3n) is 8.79. The minimum absolute atomic E-state index is 0.635. The highest BCUT2D eigenvalue weighted by Crippen LogP contribution is 2.39. The summed E-state index contributed by atoms with van der Waals surface area (Å²) in [5.41, 5.74) is 7.34. The Kier molecular flexibility index (Phi) is 6.10. The van der Waals surface area contributed by atoms with Crippen LogP contribution in [-0.4, -0.2) is 19.9 Å². The van der Waals surface area contributed by atoms with E-state index in [1.807, 2.05) is 18.3 Å². The van der Waals surface area contributed by atoms with Crippen molar-refractivity contribution >= 4 is 32.3 Å². The molecular formula is C42H26N4. The van der Waals surface area contributed by atoms with E-state index < -0.39 is 0 Å². The van der Waals surface area contributed by atoms with Gasteiger partial charge in [-0.1, -0.05) is 133 Å². The molecule has 9 aromatic rings. The normalized spacial score (nSPS) is 11.5. The molecule has 4 nitrogen and oxygen atoms in total. The van der Waals surface area contributed by atoms with Crippen molar-refractivity contribution in [2.75, 3.05) is 0 Å². The Bertz CT molecular complexity index is 2370. The molecule has 0 radical (unpaired) electrons. The second kappa shape index (κ2) is 10.7. The first-order valence-corrected chi connectivity index (χ1v) is 15.4. The fraction of sp³-hybridized carbons (Fsp3) is 0. The molecule has 0 unspecified atom stereocenters. The van der Waals surface area contributed by atoms with Gasteiger partial charge in [0.1, 0.15) is 0 Å². The van der Waals surface area contributed by atoms with Gasteiger partial charge in [-0.2, -0.15) is 0 Å². The topological polar surface area (TPSA) is 51.6 Å². The Morgan fingerprint density at radius 1 is 0.326 bits per heavy atom. The molecule has 0 spiro atoms. The maximum absolute atomic E-state index is 5.12. The highest BCUT2D eigenvalue weighted by molar-refractivity contribution is 6.25. The summed E-state index contributed by atoms with van der Waals surface area (Å²) in [7, 11) is 0. The van der Waals surface area contributed by atoms with E-state index >= 15 is 0 Å². The van der Waals surface area contributed by atoms with Crippen LogP contribution in [0.25, 0.3) is 88.7 Å². The lowest BCUT2D eigenvalue weighted by Gasteiger charge is -2.14. The zero-order valence-corrected chi connectivity index (χ0v) is 24.8. The number of benzene rings is 7. The number of rotatable bonds is 5. The Morgan fingerprint density at radius 3 is 1.50 bits per heavy atom. The van der Waals surface area contributed by atoms with Crippen molar-refractivity contribution < 1.29 is 0 Å². The highest BCUT2D eigenvalue weighted by atomic mass is 15.0. The van der Waals surface area contributed by atoms with Crippen molar-refractivity contribution in [2.24, 2.45) is 0 Å². The molecule has 0 aliphatic rings. The predicted molar refractivity (Wildman–Crippen MR) is 189 cm³/mol. The first-order chi connectivity index (χ1) is 22.8. The van der Waals surface area contributed by atoms with Gasteiger partial charge in [-0.15, -0.1) is 0 Å².